The zero-order valence-corrected chi connectivity index (χ0v) is 11.6. The van der Waals surface area contributed by atoms with E-state index < -0.39 is 0 Å². The molecule has 1 amide bonds. The van der Waals surface area contributed by atoms with E-state index in [4.69, 9.17) is 5.84 Å². The summed E-state index contributed by atoms with van der Waals surface area (Å²) < 4.78 is 0. The van der Waals surface area contributed by atoms with Crippen LogP contribution in [0.3, 0.4) is 0 Å². The van der Waals surface area contributed by atoms with Crippen molar-refractivity contribution >= 4 is 17.4 Å². The fraction of sp³-hybridized carbons (Fsp3) is 0.200. The minimum atomic E-state index is -0.0765. The van der Waals surface area contributed by atoms with E-state index in [0.29, 0.717) is 17.9 Å². The Balaban J connectivity index is 2.26. The molecule has 5 heteroatoms. The van der Waals surface area contributed by atoms with Crippen LogP contribution in [0.1, 0.15) is 22.8 Å². The third-order valence-electron chi connectivity index (χ3n) is 3.07. The molecule has 0 bridgehead atoms. The van der Waals surface area contributed by atoms with E-state index in [1.807, 2.05) is 38.1 Å². The van der Waals surface area contributed by atoms with Crippen LogP contribution >= 0.6 is 0 Å². The Morgan fingerprint density at radius 2 is 1.95 bits per heavy atom. The fourth-order valence-electron chi connectivity index (χ4n) is 1.93. The van der Waals surface area contributed by atoms with E-state index in [9.17, 15) is 4.79 Å². The summed E-state index contributed by atoms with van der Waals surface area (Å²) in [5.41, 5.74) is 5.01. The highest BCUT2D eigenvalue weighted by atomic mass is 16.2. The number of benzene rings is 1. The molecule has 0 fully saturated rings. The first kappa shape index (κ1) is 14.0. The molecular weight excluding hydrogens is 252 g/mol. The Morgan fingerprint density at radius 1 is 1.25 bits per heavy atom. The number of nitrogens with two attached hydrogens (primary N) is 1. The Hall–Kier alpha value is -2.40. The summed E-state index contributed by atoms with van der Waals surface area (Å²) in [5, 5.41) is 0. The Morgan fingerprint density at radius 3 is 2.45 bits per heavy atom. The van der Waals surface area contributed by atoms with Gasteiger partial charge < -0.3 is 10.3 Å². The molecule has 0 atom stereocenters. The number of anilines is 2. The van der Waals surface area contributed by atoms with Gasteiger partial charge in [-0.3, -0.25) is 4.79 Å². The topological polar surface area (TPSA) is 71.2 Å². The minimum absolute atomic E-state index is 0.0765. The van der Waals surface area contributed by atoms with Crippen LogP contribution in [0, 0.1) is 6.92 Å². The van der Waals surface area contributed by atoms with Gasteiger partial charge in [-0.1, -0.05) is 17.7 Å². The molecule has 2 aromatic rings. The highest BCUT2D eigenvalue weighted by Gasteiger charge is 2.16. The van der Waals surface area contributed by atoms with Crippen LogP contribution < -0.4 is 16.2 Å². The average Bonchev–Trinajstić information content (AvgIpc) is 2.50. The first-order chi connectivity index (χ1) is 9.65. The van der Waals surface area contributed by atoms with Gasteiger partial charge in [-0.2, -0.15) is 0 Å². The van der Waals surface area contributed by atoms with Gasteiger partial charge in [0.15, 0.2) is 0 Å². The molecule has 0 aliphatic carbocycles. The lowest BCUT2D eigenvalue weighted by Gasteiger charge is -2.21. The maximum absolute atomic E-state index is 12.5. The number of hydrogen-bond acceptors (Lipinski definition) is 4. The van der Waals surface area contributed by atoms with Gasteiger partial charge in [0.25, 0.3) is 5.91 Å². The van der Waals surface area contributed by atoms with Crippen molar-refractivity contribution < 1.29 is 4.79 Å². The third kappa shape index (κ3) is 2.95. The lowest BCUT2D eigenvalue weighted by atomic mass is 10.2. The molecule has 0 spiro atoms. The van der Waals surface area contributed by atoms with E-state index >= 15 is 0 Å². The molecule has 3 N–H and O–H groups in total. The van der Waals surface area contributed by atoms with E-state index in [0.717, 1.165) is 11.3 Å². The molecule has 0 aliphatic rings. The number of amides is 1. The molecule has 5 nitrogen and oxygen atoms in total. The van der Waals surface area contributed by atoms with Gasteiger partial charge in [-0.25, -0.2) is 10.8 Å². The second-order valence-corrected chi connectivity index (χ2v) is 4.46. The van der Waals surface area contributed by atoms with Crippen LogP contribution in [-0.2, 0) is 0 Å². The minimum Gasteiger partial charge on any atom is -0.309 e. The first-order valence-corrected chi connectivity index (χ1v) is 6.47. The average molecular weight is 270 g/mol. The number of hydrogen-bond donors (Lipinski definition) is 2. The quantitative estimate of drug-likeness (QED) is 0.661. The summed E-state index contributed by atoms with van der Waals surface area (Å²) in [6.07, 6.45) is 1.52. The van der Waals surface area contributed by atoms with E-state index in [1.54, 1.807) is 17.0 Å². The number of aromatic nitrogens is 1. The van der Waals surface area contributed by atoms with Gasteiger partial charge in [0.2, 0.25) is 0 Å². The molecule has 0 unspecified atom stereocenters. The number of rotatable bonds is 4. The number of hydrazine groups is 1. The second-order valence-electron chi connectivity index (χ2n) is 4.46. The van der Waals surface area contributed by atoms with Crippen molar-refractivity contribution in [2.75, 3.05) is 16.9 Å². The van der Waals surface area contributed by atoms with Crippen LogP contribution in [-0.4, -0.2) is 17.4 Å². The molecule has 0 saturated heterocycles. The van der Waals surface area contributed by atoms with Gasteiger partial charge in [0.05, 0.1) is 5.56 Å². The number of carbonyl (C=O) groups is 1. The van der Waals surface area contributed by atoms with Gasteiger partial charge in [-0.05, 0) is 38.1 Å². The van der Waals surface area contributed by atoms with Crippen molar-refractivity contribution in [3.63, 3.8) is 0 Å². The van der Waals surface area contributed by atoms with Crippen LogP contribution in [0.4, 0.5) is 11.5 Å². The monoisotopic (exact) mass is 270 g/mol. The van der Waals surface area contributed by atoms with Crippen molar-refractivity contribution in [1.29, 1.82) is 0 Å². The van der Waals surface area contributed by atoms with Crippen LogP contribution in [0.5, 0.6) is 0 Å². The molecule has 0 saturated carbocycles. The van der Waals surface area contributed by atoms with Gasteiger partial charge in [-0.15, -0.1) is 0 Å². The number of nitrogens with zero attached hydrogens (tertiary/aromatic N) is 2. The molecule has 0 aliphatic heterocycles. The van der Waals surface area contributed by atoms with Gasteiger partial charge >= 0.3 is 0 Å². The lowest BCUT2D eigenvalue weighted by molar-refractivity contribution is 0.0988. The summed E-state index contributed by atoms with van der Waals surface area (Å²) in [6, 6.07) is 11.3. The van der Waals surface area contributed by atoms with Gasteiger partial charge in [0.1, 0.15) is 5.82 Å². The van der Waals surface area contributed by atoms with E-state index in [-0.39, 0.29) is 5.91 Å². The number of carbonyl (C=O) groups excluding carboxylic acids is 1. The van der Waals surface area contributed by atoms with Crippen molar-refractivity contribution in [2.24, 2.45) is 5.84 Å². The molecule has 1 heterocycles. The summed E-state index contributed by atoms with van der Waals surface area (Å²) in [5.74, 6) is 5.71. The largest absolute Gasteiger partial charge is 0.309 e. The van der Waals surface area contributed by atoms with Crippen molar-refractivity contribution in [1.82, 2.24) is 4.98 Å². The molecule has 20 heavy (non-hydrogen) atoms. The normalized spacial score (nSPS) is 10.2. The SMILES string of the molecule is CCN(C(=O)c1ccc(NN)nc1)c1ccc(C)cc1. The maximum Gasteiger partial charge on any atom is 0.259 e. The number of nitrogen functional groups attached to an aromatic ring is 1. The molecule has 1 aromatic heterocycles. The number of aryl methyl sites for hydroxylation is 1. The molecular formula is C15H18N4O. The Labute approximate surface area is 118 Å². The van der Waals surface area contributed by atoms with Crippen LogP contribution in [0.2, 0.25) is 0 Å². The van der Waals surface area contributed by atoms with Crippen molar-refractivity contribution in [2.45, 2.75) is 13.8 Å². The third-order valence-corrected chi connectivity index (χ3v) is 3.07. The highest BCUT2D eigenvalue weighted by molar-refractivity contribution is 6.05. The molecule has 0 radical (unpaired) electrons. The number of pyridine rings is 1. The Bertz CT molecular complexity index is 578. The Kier molecular flexibility index (Phi) is 4.32. The summed E-state index contributed by atoms with van der Waals surface area (Å²) in [6.45, 7) is 4.56. The first-order valence-electron chi connectivity index (χ1n) is 6.47. The molecule has 2 rings (SSSR count). The predicted octanol–water partition coefficient (Wildman–Crippen LogP) is 2.34. The summed E-state index contributed by atoms with van der Waals surface area (Å²) >= 11 is 0. The van der Waals surface area contributed by atoms with Crippen LogP contribution in [0.15, 0.2) is 42.6 Å². The van der Waals surface area contributed by atoms with E-state index in [2.05, 4.69) is 10.4 Å². The van der Waals surface area contributed by atoms with Crippen molar-refractivity contribution in [3.8, 4) is 0 Å². The van der Waals surface area contributed by atoms with Crippen LogP contribution in [0.25, 0.3) is 0 Å². The smallest absolute Gasteiger partial charge is 0.259 e. The van der Waals surface area contributed by atoms with Crippen molar-refractivity contribution in [3.05, 3.63) is 53.7 Å². The molecule has 104 valence electrons. The maximum atomic E-state index is 12.5. The number of nitrogens with one attached hydrogen (secondary N) is 1. The zero-order chi connectivity index (χ0) is 14.5. The molecule has 1 aromatic carbocycles. The standard InChI is InChI=1S/C15H18N4O/c1-3-19(13-7-4-11(2)5-8-13)15(20)12-6-9-14(18-16)17-10-12/h4-10H,3,16H2,1-2H3,(H,17,18). The van der Waals surface area contributed by atoms with Gasteiger partial charge in [0, 0.05) is 18.4 Å². The lowest BCUT2D eigenvalue weighted by Crippen LogP contribution is -2.30. The fourth-order valence-corrected chi connectivity index (χ4v) is 1.93. The zero-order valence-electron chi connectivity index (χ0n) is 11.6. The second kappa shape index (κ2) is 6.16. The van der Waals surface area contributed by atoms with E-state index in [1.165, 1.54) is 6.20 Å². The summed E-state index contributed by atoms with van der Waals surface area (Å²) in [4.78, 5) is 18.3. The predicted molar refractivity (Wildman–Crippen MR) is 80.6 cm³/mol. The summed E-state index contributed by atoms with van der Waals surface area (Å²) in [7, 11) is 0. The highest BCUT2D eigenvalue weighted by Crippen LogP contribution is 2.18.